The fraction of sp³-hybridized carbons (Fsp3) is 0.160. The predicted octanol–water partition coefficient (Wildman–Crippen LogP) is 6.72. The number of nitrogens with zero attached hydrogens (tertiary/aromatic N) is 1. The van der Waals surface area contributed by atoms with Crippen molar-refractivity contribution in [3.8, 4) is 0 Å². The molecule has 0 aliphatic rings. The van der Waals surface area contributed by atoms with E-state index < -0.39 is 0 Å². The van der Waals surface area contributed by atoms with Crippen molar-refractivity contribution in [2.24, 2.45) is 10.4 Å². The van der Waals surface area contributed by atoms with Gasteiger partial charge in [-0.15, -0.1) is 0 Å². The van der Waals surface area contributed by atoms with Crippen LogP contribution in [0.1, 0.15) is 37.5 Å². The number of hydrogen-bond donors (Lipinski definition) is 0. The molecule has 26 heavy (non-hydrogen) atoms. The van der Waals surface area contributed by atoms with Crippen molar-refractivity contribution in [3.05, 3.63) is 108 Å². The fourth-order valence-electron chi connectivity index (χ4n) is 2.88. The molecule has 0 spiro atoms. The highest BCUT2D eigenvalue weighted by atomic mass is 14.8. The minimum absolute atomic E-state index is 0.0636. The summed E-state index contributed by atoms with van der Waals surface area (Å²) in [5, 5.41) is 0. The van der Waals surface area contributed by atoms with E-state index in [1.807, 2.05) is 18.2 Å². The summed E-state index contributed by atoms with van der Waals surface area (Å²) >= 11 is 0. The van der Waals surface area contributed by atoms with Crippen molar-refractivity contribution in [3.63, 3.8) is 0 Å². The standard InChI is InChI=1S/C25H25N/c1-25(2,3)24(22-17-11-6-12-18-22)26-23(21-15-9-5-10-16-21)19-20-13-7-4-8-14-20/h4-19H,1-3H3/b23-19+,26-24?. The predicted molar refractivity (Wildman–Crippen MR) is 113 cm³/mol. The van der Waals surface area contributed by atoms with Crippen molar-refractivity contribution < 1.29 is 0 Å². The normalized spacial score (nSPS) is 12.9. The summed E-state index contributed by atoms with van der Waals surface area (Å²) in [6.45, 7) is 6.64. The van der Waals surface area contributed by atoms with E-state index in [-0.39, 0.29) is 5.41 Å². The maximum Gasteiger partial charge on any atom is 0.0711 e. The lowest BCUT2D eigenvalue weighted by Gasteiger charge is -2.23. The third-order valence-electron chi connectivity index (χ3n) is 4.16. The number of hydrogen-bond acceptors (Lipinski definition) is 1. The number of aliphatic imine (C=N–C) groups is 1. The SMILES string of the molecule is CC(C)(C)C(=N/C(=C/c1ccccc1)c1ccccc1)c1ccccc1. The van der Waals surface area contributed by atoms with Gasteiger partial charge in [0.05, 0.1) is 11.4 Å². The molecule has 0 aliphatic carbocycles. The average molecular weight is 339 g/mol. The molecule has 0 saturated carbocycles. The Morgan fingerprint density at radius 1 is 0.654 bits per heavy atom. The Morgan fingerprint density at radius 2 is 1.12 bits per heavy atom. The summed E-state index contributed by atoms with van der Waals surface area (Å²) in [6, 6.07) is 31.2. The topological polar surface area (TPSA) is 12.4 Å². The molecular formula is C25H25N. The van der Waals surface area contributed by atoms with Crippen LogP contribution in [0.15, 0.2) is 96.0 Å². The molecule has 1 nitrogen and oxygen atoms in total. The summed E-state index contributed by atoms with van der Waals surface area (Å²) in [5.74, 6) is 0. The van der Waals surface area contributed by atoms with Gasteiger partial charge in [-0.25, -0.2) is 0 Å². The van der Waals surface area contributed by atoms with E-state index in [1.165, 1.54) is 0 Å². The molecule has 0 atom stereocenters. The van der Waals surface area contributed by atoms with E-state index in [4.69, 9.17) is 4.99 Å². The van der Waals surface area contributed by atoms with E-state index in [1.54, 1.807) is 0 Å². The van der Waals surface area contributed by atoms with E-state index in [0.29, 0.717) is 0 Å². The Hall–Kier alpha value is -2.93. The van der Waals surface area contributed by atoms with Gasteiger partial charge in [-0.2, -0.15) is 0 Å². The van der Waals surface area contributed by atoms with Crippen molar-refractivity contribution in [1.29, 1.82) is 0 Å². The van der Waals surface area contributed by atoms with Gasteiger partial charge in [0.25, 0.3) is 0 Å². The highest BCUT2D eigenvalue weighted by Crippen LogP contribution is 2.27. The number of rotatable bonds is 4. The van der Waals surface area contributed by atoms with Crippen molar-refractivity contribution in [2.75, 3.05) is 0 Å². The Labute approximate surface area is 156 Å². The molecule has 3 rings (SSSR count). The summed E-state index contributed by atoms with van der Waals surface area (Å²) in [5.41, 5.74) is 5.43. The maximum atomic E-state index is 5.16. The third-order valence-corrected chi connectivity index (χ3v) is 4.16. The first-order chi connectivity index (χ1) is 12.5. The van der Waals surface area contributed by atoms with Crippen LogP contribution in [0.4, 0.5) is 0 Å². The van der Waals surface area contributed by atoms with Crippen molar-refractivity contribution in [2.45, 2.75) is 20.8 Å². The smallest absolute Gasteiger partial charge is 0.0711 e. The highest BCUT2D eigenvalue weighted by Gasteiger charge is 2.21. The van der Waals surface area contributed by atoms with Gasteiger partial charge in [-0.1, -0.05) is 112 Å². The van der Waals surface area contributed by atoms with Gasteiger partial charge < -0.3 is 0 Å². The molecule has 0 bridgehead atoms. The van der Waals surface area contributed by atoms with Crippen LogP contribution in [-0.2, 0) is 0 Å². The second kappa shape index (κ2) is 7.97. The summed E-state index contributed by atoms with van der Waals surface area (Å²) in [6.07, 6.45) is 2.16. The first-order valence-electron chi connectivity index (χ1n) is 9.01. The first kappa shape index (κ1) is 17.9. The van der Waals surface area contributed by atoms with Crippen molar-refractivity contribution in [1.82, 2.24) is 0 Å². The molecular weight excluding hydrogens is 314 g/mol. The molecule has 0 amide bonds. The Kier molecular flexibility index (Phi) is 5.48. The molecule has 0 radical (unpaired) electrons. The van der Waals surface area contributed by atoms with E-state index >= 15 is 0 Å². The molecule has 0 N–H and O–H groups in total. The zero-order valence-electron chi connectivity index (χ0n) is 15.7. The zero-order chi connectivity index (χ0) is 18.4. The molecule has 0 fully saturated rings. The van der Waals surface area contributed by atoms with E-state index in [9.17, 15) is 0 Å². The molecule has 3 aromatic carbocycles. The lowest BCUT2D eigenvalue weighted by Crippen LogP contribution is -2.21. The van der Waals surface area contributed by atoms with Crippen LogP contribution in [0.3, 0.4) is 0 Å². The van der Waals surface area contributed by atoms with Crippen LogP contribution in [0.25, 0.3) is 11.8 Å². The van der Waals surface area contributed by atoms with Gasteiger partial charge in [-0.05, 0) is 17.2 Å². The lowest BCUT2D eigenvalue weighted by molar-refractivity contribution is 0.592. The Bertz CT molecular complexity index is 883. The fourth-order valence-corrected chi connectivity index (χ4v) is 2.88. The van der Waals surface area contributed by atoms with Crippen LogP contribution in [-0.4, -0.2) is 5.71 Å². The minimum atomic E-state index is -0.0636. The maximum absolute atomic E-state index is 5.16. The second-order valence-electron chi connectivity index (χ2n) is 7.38. The van der Waals surface area contributed by atoms with Gasteiger partial charge in [-0.3, -0.25) is 4.99 Å². The van der Waals surface area contributed by atoms with Crippen LogP contribution in [0.5, 0.6) is 0 Å². The van der Waals surface area contributed by atoms with Crippen LogP contribution in [0, 0.1) is 5.41 Å². The van der Waals surface area contributed by atoms with Gasteiger partial charge >= 0.3 is 0 Å². The first-order valence-corrected chi connectivity index (χ1v) is 9.01. The van der Waals surface area contributed by atoms with Gasteiger partial charge in [0, 0.05) is 11.0 Å². The summed E-state index contributed by atoms with van der Waals surface area (Å²) in [7, 11) is 0. The van der Waals surface area contributed by atoms with Crippen LogP contribution in [0.2, 0.25) is 0 Å². The second-order valence-corrected chi connectivity index (χ2v) is 7.38. The monoisotopic (exact) mass is 339 g/mol. The Morgan fingerprint density at radius 3 is 1.62 bits per heavy atom. The molecule has 0 aromatic heterocycles. The quantitative estimate of drug-likeness (QED) is 0.369. The molecule has 130 valence electrons. The molecule has 0 aliphatic heterocycles. The van der Waals surface area contributed by atoms with Crippen molar-refractivity contribution >= 4 is 17.5 Å². The summed E-state index contributed by atoms with van der Waals surface area (Å²) in [4.78, 5) is 5.16. The van der Waals surface area contributed by atoms with E-state index in [0.717, 1.165) is 28.1 Å². The molecule has 0 unspecified atom stereocenters. The highest BCUT2D eigenvalue weighted by molar-refractivity contribution is 6.07. The zero-order valence-corrected chi connectivity index (χ0v) is 15.7. The van der Waals surface area contributed by atoms with Gasteiger partial charge in [0.1, 0.15) is 0 Å². The summed E-state index contributed by atoms with van der Waals surface area (Å²) < 4.78 is 0. The minimum Gasteiger partial charge on any atom is -0.252 e. The number of benzene rings is 3. The van der Waals surface area contributed by atoms with E-state index in [2.05, 4.69) is 99.6 Å². The van der Waals surface area contributed by atoms with Crippen LogP contribution >= 0.6 is 0 Å². The molecule has 1 heteroatoms. The third kappa shape index (κ3) is 4.58. The molecule has 3 aromatic rings. The Balaban J connectivity index is 2.17. The lowest BCUT2D eigenvalue weighted by atomic mass is 9.85. The average Bonchev–Trinajstić information content (AvgIpc) is 2.66. The van der Waals surface area contributed by atoms with Crippen LogP contribution < -0.4 is 0 Å². The molecule has 0 heterocycles. The largest absolute Gasteiger partial charge is 0.252 e. The van der Waals surface area contributed by atoms with Gasteiger partial charge in [0.15, 0.2) is 0 Å². The molecule has 0 saturated heterocycles. The van der Waals surface area contributed by atoms with Gasteiger partial charge in [0.2, 0.25) is 0 Å².